The predicted molar refractivity (Wildman–Crippen MR) is 96.6 cm³/mol. The lowest BCUT2D eigenvalue weighted by Crippen LogP contribution is -2.58. The van der Waals surface area contributed by atoms with Crippen molar-refractivity contribution in [3.8, 4) is 0 Å². The summed E-state index contributed by atoms with van der Waals surface area (Å²) >= 11 is 0. The summed E-state index contributed by atoms with van der Waals surface area (Å²) in [5.41, 5.74) is 1.92. The van der Waals surface area contributed by atoms with Crippen LogP contribution in [0.5, 0.6) is 0 Å². The number of likely N-dealkylation sites (tertiary alicyclic amines) is 1. The summed E-state index contributed by atoms with van der Waals surface area (Å²) in [6.07, 6.45) is 3.31. The van der Waals surface area contributed by atoms with Gasteiger partial charge in [0, 0.05) is 38.4 Å². The van der Waals surface area contributed by atoms with E-state index in [4.69, 9.17) is 4.74 Å². The number of amides is 1. The first-order valence-electron chi connectivity index (χ1n) is 9.39. The lowest BCUT2D eigenvalue weighted by Gasteiger charge is -2.47. The highest BCUT2D eigenvalue weighted by Crippen LogP contribution is 2.30. The Balaban J connectivity index is 1.32. The fourth-order valence-electron chi connectivity index (χ4n) is 3.89. The molecule has 2 aromatic rings. The molecule has 27 heavy (non-hydrogen) atoms. The molecule has 0 bridgehead atoms. The Hall–Kier alpha value is -2.39. The number of hydrogen-bond acceptors (Lipinski definition) is 7. The standard InChI is InChI=1S/C18H25N7O2/c1-15-3-2-4-16(20-15)11-23-7-5-18(6-8-23)13-24(9-10-27-18)17(26)12-25-14-19-21-22-25/h2-4,14H,5-13H2,1H3. The van der Waals surface area contributed by atoms with Crippen LogP contribution in [0.25, 0.3) is 0 Å². The molecule has 144 valence electrons. The number of carbonyl (C=O) groups excluding carboxylic acids is 1. The maximum atomic E-state index is 12.6. The molecule has 0 radical (unpaired) electrons. The number of piperidine rings is 1. The summed E-state index contributed by atoms with van der Waals surface area (Å²) in [6.45, 7) is 6.81. The van der Waals surface area contributed by atoms with Crippen LogP contribution in [0.4, 0.5) is 0 Å². The smallest absolute Gasteiger partial charge is 0.244 e. The second-order valence-corrected chi connectivity index (χ2v) is 7.40. The Morgan fingerprint density at radius 3 is 2.85 bits per heavy atom. The van der Waals surface area contributed by atoms with Crippen molar-refractivity contribution in [2.75, 3.05) is 32.8 Å². The van der Waals surface area contributed by atoms with Crippen LogP contribution in [-0.4, -0.2) is 79.3 Å². The number of rotatable bonds is 4. The van der Waals surface area contributed by atoms with Crippen molar-refractivity contribution in [2.45, 2.75) is 38.5 Å². The number of tetrazole rings is 1. The highest BCUT2D eigenvalue weighted by molar-refractivity contribution is 5.76. The second kappa shape index (κ2) is 7.69. The molecule has 4 rings (SSSR count). The zero-order valence-corrected chi connectivity index (χ0v) is 15.6. The van der Waals surface area contributed by atoms with Crippen LogP contribution in [0.3, 0.4) is 0 Å². The SMILES string of the molecule is Cc1cccc(CN2CCC3(CC2)CN(C(=O)Cn2cnnn2)CCO3)n1. The first kappa shape index (κ1) is 18.0. The lowest BCUT2D eigenvalue weighted by molar-refractivity contribution is -0.160. The summed E-state index contributed by atoms with van der Waals surface area (Å²) in [6, 6.07) is 6.15. The van der Waals surface area contributed by atoms with Crippen molar-refractivity contribution >= 4 is 5.91 Å². The minimum Gasteiger partial charge on any atom is -0.371 e. The molecule has 9 nitrogen and oxygen atoms in total. The fraction of sp³-hybridized carbons (Fsp3) is 0.611. The molecule has 2 aliphatic heterocycles. The average molecular weight is 371 g/mol. The third kappa shape index (κ3) is 4.30. The molecule has 2 fully saturated rings. The molecule has 0 saturated carbocycles. The van der Waals surface area contributed by atoms with Gasteiger partial charge in [-0.25, -0.2) is 4.68 Å². The number of morpholine rings is 1. The first-order chi connectivity index (χ1) is 13.1. The van der Waals surface area contributed by atoms with Gasteiger partial charge in [0.25, 0.3) is 0 Å². The molecule has 0 atom stereocenters. The van der Waals surface area contributed by atoms with Gasteiger partial charge in [0.15, 0.2) is 0 Å². The maximum Gasteiger partial charge on any atom is 0.244 e. The fourth-order valence-corrected chi connectivity index (χ4v) is 3.89. The van der Waals surface area contributed by atoms with Gasteiger partial charge in [-0.15, -0.1) is 5.10 Å². The first-order valence-corrected chi connectivity index (χ1v) is 9.39. The van der Waals surface area contributed by atoms with Gasteiger partial charge in [0.05, 0.1) is 17.9 Å². The van der Waals surface area contributed by atoms with Crippen LogP contribution < -0.4 is 0 Å². The van der Waals surface area contributed by atoms with Crippen LogP contribution in [0.15, 0.2) is 24.5 Å². The Morgan fingerprint density at radius 1 is 1.26 bits per heavy atom. The molecule has 0 unspecified atom stereocenters. The second-order valence-electron chi connectivity index (χ2n) is 7.40. The summed E-state index contributed by atoms with van der Waals surface area (Å²) in [7, 11) is 0. The van der Waals surface area contributed by atoms with Crippen molar-refractivity contribution in [1.29, 1.82) is 0 Å². The zero-order chi connectivity index (χ0) is 18.7. The van der Waals surface area contributed by atoms with Gasteiger partial charge in [0.1, 0.15) is 12.9 Å². The number of aryl methyl sites for hydroxylation is 1. The average Bonchev–Trinajstić information content (AvgIpc) is 3.17. The number of aromatic nitrogens is 5. The number of ether oxygens (including phenoxy) is 1. The summed E-state index contributed by atoms with van der Waals surface area (Å²) in [5.74, 6) is 0.0383. The van der Waals surface area contributed by atoms with Crippen LogP contribution in [0.2, 0.25) is 0 Å². The van der Waals surface area contributed by atoms with E-state index in [1.165, 1.54) is 11.0 Å². The molecule has 4 heterocycles. The maximum absolute atomic E-state index is 12.6. The van der Waals surface area contributed by atoms with Gasteiger partial charge in [-0.2, -0.15) is 0 Å². The molecular weight excluding hydrogens is 346 g/mol. The molecule has 9 heteroatoms. The third-order valence-corrected chi connectivity index (χ3v) is 5.39. The minimum absolute atomic E-state index is 0.0383. The van der Waals surface area contributed by atoms with Crippen molar-refractivity contribution in [2.24, 2.45) is 0 Å². The van der Waals surface area contributed by atoms with Gasteiger partial charge < -0.3 is 9.64 Å². The molecule has 2 saturated heterocycles. The van der Waals surface area contributed by atoms with Gasteiger partial charge in [-0.1, -0.05) is 6.07 Å². The van der Waals surface area contributed by atoms with Gasteiger partial charge in [-0.3, -0.25) is 14.7 Å². The van der Waals surface area contributed by atoms with E-state index < -0.39 is 0 Å². The normalized spacial score (nSPS) is 20.1. The largest absolute Gasteiger partial charge is 0.371 e. The molecular formula is C18H25N7O2. The van der Waals surface area contributed by atoms with Gasteiger partial charge >= 0.3 is 0 Å². The third-order valence-electron chi connectivity index (χ3n) is 5.39. The van der Waals surface area contributed by atoms with Crippen molar-refractivity contribution in [1.82, 2.24) is 35.0 Å². The van der Waals surface area contributed by atoms with Gasteiger partial charge in [-0.05, 0) is 42.3 Å². The molecule has 0 N–H and O–H groups in total. The topological polar surface area (TPSA) is 89.3 Å². The van der Waals surface area contributed by atoms with Gasteiger partial charge in [0.2, 0.25) is 5.91 Å². The van der Waals surface area contributed by atoms with E-state index in [2.05, 4.69) is 37.5 Å². The molecule has 1 amide bonds. The Labute approximate surface area is 158 Å². The van der Waals surface area contributed by atoms with Crippen LogP contribution in [-0.2, 0) is 22.6 Å². The summed E-state index contributed by atoms with van der Waals surface area (Å²) in [5, 5.41) is 10.9. The number of hydrogen-bond donors (Lipinski definition) is 0. The van der Waals surface area contributed by atoms with E-state index in [-0.39, 0.29) is 18.1 Å². The predicted octanol–water partition coefficient (Wildman–Crippen LogP) is 0.270. The lowest BCUT2D eigenvalue weighted by atomic mass is 9.89. The molecule has 0 aliphatic carbocycles. The highest BCUT2D eigenvalue weighted by atomic mass is 16.5. The van der Waals surface area contributed by atoms with Crippen LogP contribution >= 0.6 is 0 Å². The van der Waals surface area contributed by atoms with Crippen molar-refractivity contribution in [3.05, 3.63) is 35.9 Å². The molecule has 1 spiro atoms. The van der Waals surface area contributed by atoms with E-state index in [9.17, 15) is 4.79 Å². The number of nitrogens with zero attached hydrogens (tertiary/aromatic N) is 7. The number of carbonyl (C=O) groups is 1. The monoisotopic (exact) mass is 371 g/mol. The Morgan fingerprint density at radius 2 is 2.11 bits per heavy atom. The van der Waals surface area contributed by atoms with Crippen LogP contribution in [0, 0.1) is 6.92 Å². The minimum atomic E-state index is -0.231. The van der Waals surface area contributed by atoms with E-state index in [1.807, 2.05) is 17.9 Å². The van der Waals surface area contributed by atoms with E-state index in [0.29, 0.717) is 19.7 Å². The van der Waals surface area contributed by atoms with E-state index in [0.717, 1.165) is 43.9 Å². The molecule has 2 aliphatic rings. The van der Waals surface area contributed by atoms with Crippen molar-refractivity contribution < 1.29 is 9.53 Å². The molecule has 0 aromatic carbocycles. The summed E-state index contributed by atoms with van der Waals surface area (Å²) < 4.78 is 7.62. The highest BCUT2D eigenvalue weighted by Gasteiger charge is 2.41. The van der Waals surface area contributed by atoms with Crippen LogP contribution in [0.1, 0.15) is 24.2 Å². The Bertz CT molecular complexity index is 772. The Kier molecular flexibility index (Phi) is 5.13. The van der Waals surface area contributed by atoms with E-state index >= 15 is 0 Å². The summed E-state index contributed by atoms with van der Waals surface area (Å²) in [4.78, 5) is 21.5. The zero-order valence-electron chi connectivity index (χ0n) is 15.6. The quantitative estimate of drug-likeness (QED) is 0.762. The van der Waals surface area contributed by atoms with Crippen molar-refractivity contribution in [3.63, 3.8) is 0 Å². The van der Waals surface area contributed by atoms with E-state index in [1.54, 1.807) is 0 Å². The molecule has 2 aromatic heterocycles. The number of pyridine rings is 1.